The van der Waals surface area contributed by atoms with Gasteiger partial charge in [-0.25, -0.2) is 0 Å². The third kappa shape index (κ3) is 5.22. The summed E-state index contributed by atoms with van der Waals surface area (Å²) in [6.45, 7) is 0.444. The summed E-state index contributed by atoms with van der Waals surface area (Å²) < 4.78 is 22.1. The molecule has 1 fully saturated rings. The van der Waals surface area contributed by atoms with Crippen molar-refractivity contribution >= 4 is 17.4 Å². The number of carbonyl (C=O) groups excluding carboxylic acids is 2. The number of aliphatic hydroxyl groups excluding tert-OH is 1. The molecule has 1 aliphatic heterocycles. The van der Waals surface area contributed by atoms with E-state index in [-0.39, 0.29) is 23.4 Å². The van der Waals surface area contributed by atoms with Crippen molar-refractivity contribution in [3.05, 3.63) is 119 Å². The second-order valence-electron chi connectivity index (χ2n) is 8.92. The Hall–Kier alpha value is -4.98. The standard InChI is InChI=1S/C31H27NO7/c1-36-23-14-15-25(26(17-23)37-2)29(33)27-28(32(31(35)30(27)34)18-24-9-6-16-38-24)21-10-12-22(13-11-21)39-19-20-7-4-3-5-8-20/h3-17,28,33H,18-19H2,1-2H3/b29-27-. The molecule has 1 aromatic heterocycles. The Balaban J connectivity index is 1.54. The summed E-state index contributed by atoms with van der Waals surface area (Å²) in [5.74, 6) is 0.0660. The lowest BCUT2D eigenvalue weighted by atomic mass is 9.95. The number of carbonyl (C=O) groups is 2. The average molecular weight is 526 g/mol. The molecule has 0 aliphatic carbocycles. The van der Waals surface area contributed by atoms with E-state index in [9.17, 15) is 14.7 Å². The minimum absolute atomic E-state index is 0.0467. The van der Waals surface area contributed by atoms with E-state index in [1.54, 1.807) is 54.6 Å². The number of ketones is 1. The van der Waals surface area contributed by atoms with Gasteiger partial charge in [-0.1, -0.05) is 42.5 Å². The zero-order valence-corrected chi connectivity index (χ0v) is 21.5. The van der Waals surface area contributed by atoms with Crippen LogP contribution in [0.1, 0.15) is 28.5 Å². The highest BCUT2D eigenvalue weighted by Gasteiger charge is 2.46. The van der Waals surface area contributed by atoms with Gasteiger partial charge < -0.3 is 28.6 Å². The van der Waals surface area contributed by atoms with Crippen LogP contribution in [0.2, 0.25) is 0 Å². The van der Waals surface area contributed by atoms with Crippen molar-refractivity contribution in [3.8, 4) is 17.2 Å². The average Bonchev–Trinajstić information content (AvgIpc) is 3.58. The summed E-state index contributed by atoms with van der Waals surface area (Å²) in [5, 5.41) is 11.4. The van der Waals surface area contributed by atoms with Gasteiger partial charge in [0.25, 0.3) is 11.7 Å². The van der Waals surface area contributed by atoms with E-state index in [2.05, 4.69) is 0 Å². The largest absolute Gasteiger partial charge is 0.507 e. The fourth-order valence-corrected chi connectivity index (χ4v) is 4.59. The lowest BCUT2D eigenvalue weighted by Crippen LogP contribution is -2.29. The van der Waals surface area contributed by atoms with Crippen molar-refractivity contribution in [3.63, 3.8) is 0 Å². The molecule has 1 N–H and O–H groups in total. The molecule has 198 valence electrons. The molecule has 3 aromatic carbocycles. The quantitative estimate of drug-likeness (QED) is 0.175. The molecule has 1 amide bonds. The molecule has 0 spiro atoms. The molecule has 4 aromatic rings. The highest BCUT2D eigenvalue weighted by Crippen LogP contribution is 2.42. The van der Waals surface area contributed by atoms with Gasteiger partial charge in [-0.15, -0.1) is 0 Å². The Kier molecular flexibility index (Phi) is 7.36. The number of rotatable bonds is 9. The first-order chi connectivity index (χ1) is 19.0. The molecule has 5 rings (SSSR count). The van der Waals surface area contributed by atoms with E-state index < -0.39 is 17.7 Å². The van der Waals surface area contributed by atoms with Gasteiger partial charge in [-0.05, 0) is 47.5 Å². The fraction of sp³-hybridized carbons (Fsp3) is 0.161. The fourth-order valence-electron chi connectivity index (χ4n) is 4.59. The predicted molar refractivity (Wildman–Crippen MR) is 143 cm³/mol. The van der Waals surface area contributed by atoms with Gasteiger partial charge in [0.05, 0.1) is 44.2 Å². The molecular formula is C31H27NO7. The van der Waals surface area contributed by atoms with E-state index >= 15 is 0 Å². The molecular weight excluding hydrogens is 498 g/mol. The Morgan fingerprint density at radius 3 is 2.31 bits per heavy atom. The number of nitrogens with zero attached hydrogens (tertiary/aromatic N) is 1. The number of benzene rings is 3. The molecule has 0 bridgehead atoms. The molecule has 1 atom stereocenters. The van der Waals surface area contributed by atoms with Crippen molar-refractivity contribution in [2.24, 2.45) is 0 Å². The van der Waals surface area contributed by atoms with Crippen LogP contribution < -0.4 is 14.2 Å². The Bertz CT molecular complexity index is 1490. The molecule has 8 nitrogen and oxygen atoms in total. The van der Waals surface area contributed by atoms with Gasteiger partial charge in [0.15, 0.2) is 0 Å². The van der Waals surface area contributed by atoms with Gasteiger partial charge >= 0.3 is 0 Å². The van der Waals surface area contributed by atoms with Crippen LogP contribution in [-0.4, -0.2) is 35.9 Å². The Morgan fingerprint density at radius 2 is 1.64 bits per heavy atom. The molecule has 1 unspecified atom stereocenters. The maximum Gasteiger partial charge on any atom is 0.296 e. The van der Waals surface area contributed by atoms with Gasteiger partial charge in [-0.3, -0.25) is 9.59 Å². The van der Waals surface area contributed by atoms with Crippen LogP contribution in [0.15, 0.2) is 101 Å². The van der Waals surface area contributed by atoms with Crippen LogP contribution in [0, 0.1) is 0 Å². The topological polar surface area (TPSA) is 98.4 Å². The number of ether oxygens (including phenoxy) is 3. The Morgan fingerprint density at radius 1 is 0.897 bits per heavy atom. The summed E-state index contributed by atoms with van der Waals surface area (Å²) in [6.07, 6.45) is 1.50. The monoisotopic (exact) mass is 525 g/mol. The number of amides is 1. The highest BCUT2D eigenvalue weighted by molar-refractivity contribution is 6.46. The number of Topliss-reactive ketones (excluding diaryl/α,β-unsaturated/α-hetero) is 1. The number of methoxy groups -OCH3 is 2. The van der Waals surface area contributed by atoms with E-state index in [0.29, 0.717) is 35.2 Å². The van der Waals surface area contributed by atoms with Crippen molar-refractivity contribution in [2.75, 3.05) is 14.2 Å². The zero-order valence-electron chi connectivity index (χ0n) is 21.5. The SMILES string of the molecule is COc1ccc(/C(O)=C2/C(=O)C(=O)N(Cc3ccco3)C2c2ccc(OCc3ccccc3)cc2)c(OC)c1. The first-order valence-corrected chi connectivity index (χ1v) is 12.3. The molecule has 0 radical (unpaired) electrons. The number of furan rings is 1. The van der Waals surface area contributed by atoms with Crippen LogP contribution in [0.4, 0.5) is 0 Å². The second kappa shape index (κ2) is 11.2. The summed E-state index contributed by atoms with van der Waals surface area (Å²) in [7, 11) is 2.97. The summed E-state index contributed by atoms with van der Waals surface area (Å²) in [4.78, 5) is 28.0. The maximum atomic E-state index is 13.4. The van der Waals surface area contributed by atoms with E-state index in [4.69, 9.17) is 18.6 Å². The van der Waals surface area contributed by atoms with Crippen LogP contribution in [0.5, 0.6) is 17.2 Å². The van der Waals surface area contributed by atoms with E-state index in [1.807, 2.05) is 30.3 Å². The smallest absolute Gasteiger partial charge is 0.296 e. The van der Waals surface area contributed by atoms with Crippen molar-refractivity contribution in [1.29, 1.82) is 0 Å². The maximum absolute atomic E-state index is 13.4. The molecule has 0 saturated carbocycles. The zero-order chi connectivity index (χ0) is 27.4. The normalized spacial score (nSPS) is 16.4. The van der Waals surface area contributed by atoms with Crippen LogP contribution in [0.25, 0.3) is 5.76 Å². The van der Waals surface area contributed by atoms with Crippen LogP contribution >= 0.6 is 0 Å². The van der Waals surface area contributed by atoms with E-state index in [0.717, 1.165) is 5.56 Å². The third-order valence-electron chi connectivity index (χ3n) is 6.55. The molecule has 1 aliphatic rings. The van der Waals surface area contributed by atoms with Crippen LogP contribution in [0.3, 0.4) is 0 Å². The summed E-state index contributed by atoms with van der Waals surface area (Å²) in [6, 6.07) is 24.3. The number of hydrogen-bond acceptors (Lipinski definition) is 7. The second-order valence-corrected chi connectivity index (χ2v) is 8.92. The summed E-state index contributed by atoms with van der Waals surface area (Å²) in [5.41, 5.74) is 1.87. The molecule has 39 heavy (non-hydrogen) atoms. The number of aliphatic hydroxyl groups is 1. The molecule has 2 heterocycles. The first-order valence-electron chi connectivity index (χ1n) is 12.3. The summed E-state index contributed by atoms with van der Waals surface area (Å²) >= 11 is 0. The minimum Gasteiger partial charge on any atom is -0.507 e. The van der Waals surface area contributed by atoms with Gasteiger partial charge in [-0.2, -0.15) is 0 Å². The lowest BCUT2D eigenvalue weighted by Gasteiger charge is -2.25. The third-order valence-corrected chi connectivity index (χ3v) is 6.55. The van der Waals surface area contributed by atoms with Crippen molar-refractivity contribution in [2.45, 2.75) is 19.2 Å². The number of hydrogen-bond donors (Lipinski definition) is 1. The minimum atomic E-state index is -0.870. The van der Waals surface area contributed by atoms with Crippen molar-refractivity contribution in [1.82, 2.24) is 4.90 Å². The van der Waals surface area contributed by atoms with Gasteiger partial charge in [0, 0.05) is 6.07 Å². The Labute approximate surface area is 225 Å². The van der Waals surface area contributed by atoms with Gasteiger partial charge in [0.2, 0.25) is 0 Å². The van der Waals surface area contributed by atoms with Gasteiger partial charge in [0.1, 0.15) is 35.4 Å². The molecule has 8 heteroatoms. The predicted octanol–water partition coefficient (Wildman–Crippen LogP) is 5.50. The van der Waals surface area contributed by atoms with E-state index in [1.165, 1.54) is 25.4 Å². The van der Waals surface area contributed by atoms with Crippen molar-refractivity contribution < 1.29 is 33.3 Å². The first kappa shape index (κ1) is 25.7. The highest BCUT2D eigenvalue weighted by atomic mass is 16.5. The van der Waals surface area contributed by atoms with Crippen LogP contribution in [-0.2, 0) is 22.7 Å². The number of likely N-dealkylation sites (tertiary alicyclic amines) is 1. The lowest BCUT2D eigenvalue weighted by molar-refractivity contribution is -0.140. The molecule has 1 saturated heterocycles.